The number of hydrogen-bond acceptors (Lipinski definition) is 5. The van der Waals surface area contributed by atoms with Crippen LogP contribution in [0.5, 0.6) is 5.75 Å². The summed E-state index contributed by atoms with van der Waals surface area (Å²) in [5.41, 5.74) is 1.11. The van der Waals surface area contributed by atoms with Crippen molar-refractivity contribution in [2.75, 3.05) is 33.3 Å². The Bertz CT molecular complexity index is 876. The number of aryl methyl sites for hydroxylation is 2. The summed E-state index contributed by atoms with van der Waals surface area (Å²) in [5.74, 6) is 0.591. The lowest BCUT2D eigenvalue weighted by Gasteiger charge is -2.33. The van der Waals surface area contributed by atoms with Gasteiger partial charge in [0.1, 0.15) is 5.75 Å². The molecule has 0 bridgehead atoms. The summed E-state index contributed by atoms with van der Waals surface area (Å²) in [6.45, 7) is 5.36. The molecule has 6 nitrogen and oxygen atoms in total. The van der Waals surface area contributed by atoms with Crippen LogP contribution in [0.4, 0.5) is 0 Å². The lowest BCUT2D eigenvalue weighted by atomic mass is 10.2. The van der Waals surface area contributed by atoms with E-state index in [1.54, 1.807) is 29.2 Å². The van der Waals surface area contributed by atoms with Crippen molar-refractivity contribution in [1.29, 1.82) is 0 Å². The number of hydrogen-bond donors (Lipinski definition) is 0. The van der Waals surface area contributed by atoms with E-state index in [-0.39, 0.29) is 10.8 Å². The van der Waals surface area contributed by atoms with Crippen LogP contribution in [-0.2, 0) is 10.0 Å². The van der Waals surface area contributed by atoms with Crippen LogP contribution < -0.4 is 4.74 Å². The minimum absolute atomic E-state index is 0.0207. The average Bonchev–Trinajstić information content (AvgIpc) is 3.00. The van der Waals surface area contributed by atoms with Crippen LogP contribution in [0.3, 0.4) is 0 Å². The van der Waals surface area contributed by atoms with Crippen molar-refractivity contribution in [3.63, 3.8) is 0 Å². The van der Waals surface area contributed by atoms with Crippen LogP contribution in [0.25, 0.3) is 0 Å². The number of methoxy groups -OCH3 is 1. The first-order valence-corrected chi connectivity index (χ1v) is 10.6. The zero-order chi connectivity index (χ0) is 18.9. The van der Waals surface area contributed by atoms with Gasteiger partial charge in [-0.2, -0.15) is 4.31 Å². The van der Waals surface area contributed by atoms with Crippen molar-refractivity contribution in [1.82, 2.24) is 9.21 Å². The van der Waals surface area contributed by atoms with Crippen LogP contribution in [0.15, 0.2) is 35.2 Å². The third-order valence-corrected chi connectivity index (χ3v) is 7.65. The molecule has 3 rings (SSSR count). The minimum atomic E-state index is -3.56. The molecule has 2 heterocycles. The maximum Gasteiger partial charge on any atom is 0.264 e. The van der Waals surface area contributed by atoms with Crippen LogP contribution in [0.2, 0.25) is 0 Å². The first-order valence-electron chi connectivity index (χ1n) is 8.33. The van der Waals surface area contributed by atoms with Gasteiger partial charge in [0.15, 0.2) is 0 Å². The van der Waals surface area contributed by atoms with E-state index in [0.717, 1.165) is 10.4 Å². The Kier molecular flexibility index (Phi) is 5.36. The second kappa shape index (κ2) is 7.38. The molecular formula is C18H22N2O4S2. The van der Waals surface area contributed by atoms with E-state index in [0.29, 0.717) is 36.8 Å². The zero-order valence-corrected chi connectivity index (χ0v) is 16.7. The number of ether oxygens (including phenoxy) is 1. The van der Waals surface area contributed by atoms with Crippen molar-refractivity contribution >= 4 is 27.3 Å². The van der Waals surface area contributed by atoms with Crippen molar-refractivity contribution in [2.45, 2.75) is 18.7 Å². The Hall–Kier alpha value is -1.90. The molecule has 1 aromatic carbocycles. The van der Waals surface area contributed by atoms with Gasteiger partial charge < -0.3 is 9.64 Å². The van der Waals surface area contributed by atoms with Crippen molar-refractivity contribution < 1.29 is 17.9 Å². The van der Waals surface area contributed by atoms with E-state index >= 15 is 0 Å². The fraction of sp³-hybridized carbons (Fsp3) is 0.389. The number of benzene rings is 1. The number of carbonyl (C=O) groups is 1. The van der Waals surface area contributed by atoms with Crippen LogP contribution in [0.1, 0.15) is 20.1 Å². The first kappa shape index (κ1) is 18.9. The molecule has 1 aliphatic heterocycles. The molecule has 1 aromatic heterocycles. The topological polar surface area (TPSA) is 66.9 Å². The molecule has 0 aliphatic carbocycles. The van der Waals surface area contributed by atoms with Crippen molar-refractivity contribution in [3.8, 4) is 5.75 Å². The maximum atomic E-state index is 12.8. The number of thiophene rings is 1. The van der Waals surface area contributed by atoms with Gasteiger partial charge in [-0.3, -0.25) is 4.79 Å². The molecule has 0 atom stereocenters. The molecule has 0 saturated carbocycles. The summed E-state index contributed by atoms with van der Waals surface area (Å²) >= 11 is 1.49. The van der Waals surface area contributed by atoms with Gasteiger partial charge in [0.25, 0.3) is 5.91 Å². The molecule has 8 heteroatoms. The lowest BCUT2D eigenvalue weighted by Crippen LogP contribution is -2.50. The molecule has 140 valence electrons. The third kappa shape index (κ3) is 3.62. The highest BCUT2D eigenvalue weighted by molar-refractivity contribution is 7.89. The van der Waals surface area contributed by atoms with Crippen LogP contribution >= 0.6 is 11.3 Å². The van der Waals surface area contributed by atoms with Gasteiger partial charge in [0.05, 0.1) is 16.9 Å². The summed E-state index contributed by atoms with van der Waals surface area (Å²) in [6, 6.07) is 8.26. The molecule has 0 radical (unpaired) electrons. The molecule has 0 unspecified atom stereocenters. The van der Waals surface area contributed by atoms with Gasteiger partial charge in [0.2, 0.25) is 10.0 Å². The molecule has 1 aliphatic rings. The monoisotopic (exact) mass is 394 g/mol. The quantitative estimate of drug-likeness (QED) is 0.799. The largest absolute Gasteiger partial charge is 0.497 e. The molecule has 0 N–H and O–H groups in total. The highest BCUT2D eigenvalue weighted by Gasteiger charge is 2.30. The number of nitrogens with zero attached hydrogens (tertiary/aromatic N) is 2. The lowest BCUT2D eigenvalue weighted by molar-refractivity contribution is 0.0702. The third-order valence-electron chi connectivity index (χ3n) is 4.60. The van der Waals surface area contributed by atoms with Gasteiger partial charge in [-0.15, -0.1) is 11.3 Å². The van der Waals surface area contributed by atoms with Crippen LogP contribution in [-0.4, -0.2) is 56.8 Å². The highest BCUT2D eigenvalue weighted by Crippen LogP contribution is 2.24. The second-order valence-corrected chi connectivity index (χ2v) is 9.42. The molecule has 2 aromatic rings. The molecule has 1 fully saturated rings. The summed E-state index contributed by atoms with van der Waals surface area (Å²) in [7, 11) is -2.02. The van der Waals surface area contributed by atoms with E-state index < -0.39 is 10.0 Å². The number of rotatable bonds is 4. The Labute approximate surface area is 158 Å². The summed E-state index contributed by atoms with van der Waals surface area (Å²) in [4.78, 5) is 16.4. The Morgan fingerprint density at radius 2 is 1.69 bits per heavy atom. The molecule has 26 heavy (non-hydrogen) atoms. The minimum Gasteiger partial charge on any atom is -0.497 e. The SMILES string of the molecule is COc1ccc(S(=O)(=O)N2CCN(C(=O)c3cc(C)c(C)s3)CC2)cc1. The maximum absolute atomic E-state index is 12.8. The van der Waals surface area contributed by atoms with E-state index in [4.69, 9.17) is 4.74 Å². The van der Waals surface area contributed by atoms with Crippen LogP contribution in [0, 0.1) is 13.8 Å². The Morgan fingerprint density at radius 3 is 2.19 bits per heavy atom. The summed E-state index contributed by atoms with van der Waals surface area (Å²) in [6.07, 6.45) is 0. The molecular weight excluding hydrogens is 372 g/mol. The number of piperazine rings is 1. The summed E-state index contributed by atoms with van der Waals surface area (Å²) < 4.78 is 32.0. The number of sulfonamides is 1. The molecule has 1 saturated heterocycles. The van der Waals surface area contributed by atoms with Gasteiger partial charge in [-0.1, -0.05) is 0 Å². The Balaban J connectivity index is 1.68. The fourth-order valence-electron chi connectivity index (χ4n) is 2.86. The normalized spacial score (nSPS) is 15.9. The van der Waals surface area contributed by atoms with Gasteiger partial charge in [0, 0.05) is 31.1 Å². The first-order chi connectivity index (χ1) is 12.3. The molecule has 0 spiro atoms. The van der Waals surface area contributed by atoms with Gasteiger partial charge >= 0.3 is 0 Å². The van der Waals surface area contributed by atoms with Crippen molar-refractivity contribution in [3.05, 3.63) is 45.6 Å². The Morgan fingerprint density at radius 1 is 1.08 bits per heavy atom. The van der Waals surface area contributed by atoms with E-state index in [9.17, 15) is 13.2 Å². The van der Waals surface area contributed by atoms with Crippen molar-refractivity contribution in [2.24, 2.45) is 0 Å². The van der Waals surface area contributed by atoms with E-state index in [1.807, 2.05) is 19.9 Å². The molecule has 1 amide bonds. The number of amides is 1. The predicted octanol–water partition coefficient (Wildman–Crippen LogP) is 2.52. The van der Waals surface area contributed by atoms with Gasteiger partial charge in [-0.05, 0) is 49.7 Å². The number of carbonyl (C=O) groups excluding carboxylic acids is 1. The van der Waals surface area contributed by atoms with E-state index in [1.165, 1.54) is 22.8 Å². The summed E-state index contributed by atoms with van der Waals surface area (Å²) in [5, 5.41) is 0. The average molecular weight is 395 g/mol. The highest BCUT2D eigenvalue weighted by atomic mass is 32.2. The smallest absolute Gasteiger partial charge is 0.264 e. The zero-order valence-electron chi connectivity index (χ0n) is 15.1. The van der Waals surface area contributed by atoms with E-state index in [2.05, 4.69) is 0 Å². The van der Waals surface area contributed by atoms with Gasteiger partial charge in [-0.25, -0.2) is 8.42 Å². The fourth-order valence-corrected chi connectivity index (χ4v) is 5.29. The standard InChI is InChI=1S/C18H22N2O4S2/c1-13-12-17(25-14(13)2)18(21)19-8-10-20(11-9-19)26(22,23)16-6-4-15(24-3)5-7-16/h4-7,12H,8-11H2,1-3H3. The predicted molar refractivity (Wildman–Crippen MR) is 101 cm³/mol. The second-order valence-electron chi connectivity index (χ2n) is 6.22.